The summed E-state index contributed by atoms with van der Waals surface area (Å²) in [6.07, 6.45) is 2.37. The molecule has 2 rings (SSSR count). The van der Waals surface area contributed by atoms with Crippen LogP contribution in [0.5, 0.6) is 11.6 Å². The molecule has 1 aromatic heterocycles. The van der Waals surface area contributed by atoms with Gasteiger partial charge in [-0.15, -0.1) is 0 Å². The Labute approximate surface area is 99.6 Å². The maximum absolute atomic E-state index is 5.62. The number of benzene rings is 1. The molecular weight excluding hydrogens is 216 g/mol. The first-order valence-corrected chi connectivity index (χ1v) is 5.37. The van der Waals surface area contributed by atoms with Crippen LogP contribution in [0, 0.1) is 0 Å². The standard InChI is InChI=1S/C12H14N4O/c1-2-9-4-3-5-10(6-9)17-12-7-11(16-13)14-8-15-12/h3-8H,2,13H2,1H3,(H,14,15,16). The Morgan fingerprint density at radius 2 is 2.18 bits per heavy atom. The summed E-state index contributed by atoms with van der Waals surface area (Å²) in [4.78, 5) is 7.92. The number of anilines is 1. The van der Waals surface area contributed by atoms with Gasteiger partial charge in [0.2, 0.25) is 5.88 Å². The van der Waals surface area contributed by atoms with Crippen LogP contribution in [0.3, 0.4) is 0 Å². The Morgan fingerprint density at radius 3 is 2.94 bits per heavy atom. The van der Waals surface area contributed by atoms with Gasteiger partial charge in [-0.05, 0) is 24.1 Å². The van der Waals surface area contributed by atoms with Gasteiger partial charge in [0.25, 0.3) is 0 Å². The van der Waals surface area contributed by atoms with Gasteiger partial charge < -0.3 is 10.2 Å². The quantitative estimate of drug-likeness (QED) is 0.621. The fourth-order valence-corrected chi connectivity index (χ4v) is 1.42. The van der Waals surface area contributed by atoms with E-state index in [0.29, 0.717) is 11.7 Å². The molecule has 0 amide bonds. The van der Waals surface area contributed by atoms with Gasteiger partial charge in [0.1, 0.15) is 17.9 Å². The van der Waals surface area contributed by atoms with Crippen molar-refractivity contribution in [3.8, 4) is 11.6 Å². The molecule has 0 fully saturated rings. The number of aryl methyl sites for hydroxylation is 1. The molecule has 0 unspecified atom stereocenters. The highest BCUT2D eigenvalue weighted by molar-refractivity contribution is 5.38. The SMILES string of the molecule is CCc1cccc(Oc2cc(NN)ncn2)c1. The lowest BCUT2D eigenvalue weighted by Crippen LogP contribution is -2.08. The fraction of sp³-hybridized carbons (Fsp3) is 0.167. The summed E-state index contributed by atoms with van der Waals surface area (Å²) in [5.41, 5.74) is 3.66. The highest BCUT2D eigenvalue weighted by Gasteiger charge is 2.01. The van der Waals surface area contributed by atoms with Crippen LogP contribution in [0.1, 0.15) is 12.5 Å². The van der Waals surface area contributed by atoms with Crippen LogP contribution >= 0.6 is 0 Å². The number of nitrogens with zero attached hydrogens (tertiary/aromatic N) is 2. The lowest BCUT2D eigenvalue weighted by Gasteiger charge is -2.06. The highest BCUT2D eigenvalue weighted by Crippen LogP contribution is 2.21. The third kappa shape index (κ3) is 2.92. The molecule has 3 N–H and O–H groups in total. The van der Waals surface area contributed by atoms with E-state index in [1.54, 1.807) is 6.07 Å². The largest absolute Gasteiger partial charge is 0.439 e. The normalized spacial score (nSPS) is 10.0. The average molecular weight is 230 g/mol. The zero-order chi connectivity index (χ0) is 12.1. The Hall–Kier alpha value is -2.14. The van der Waals surface area contributed by atoms with Gasteiger partial charge in [0.05, 0.1) is 0 Å². The summed E-state index contributed by atoms with van der Waals surface area (Å²) >= 11 is 0. The van der Waals surface area contributed by atoms with Crippen LogP contribution in [0.2, 0.25) is 0 Å². The zero-order valence-corrected chi connectivity index (χ0v) is 9.55. The second-order valence-corrected chi connectivity index (χ2v) is 3.49. The molecule has 5 nitrogen and oxygen atoms in total. The van der Waals surface area contributed by atoms with Crippen LogP contribution in [0.15, 0.2) is 36.7 Å². The lowest BCUT2D eigenvalue weighted by molar-refractivity contribution is 0.461. The molecule has 5 heteroatoms. The van der Waals surface area contributed by atoms with E-state index in [0.717, 1.165) is 12.2 Å². The minimum atomic E-state index is 0.459. The fourth-order valence-electron chi connectivity index (χ4n) is 1.42. The molecule has 0 bridgehead atoms. The molecule has 2 aromatic rings. The minimum Gasteiger partial charge on any atom is -0.439 e. The molecule has 17 heavy (non-hydrogen) atoms. The second kappa shape index (κ2) is 5.27. The maximum atomic E-state index is 5.62. The highest BCUT2D eigenvalue weighted by atomic mass is 16.5. The van der Waals surface area contributed by atoms with Crippen molar-refractivity contribution in [2.75, 3.05) is 5.43 Å². The van der Waals surface area contributed by atoms with Gasteiger partial charge in [0, 0.05) is 6.07 Å². The summed E-state index contributed by atoms with van der Waals surface area (Å²) in [6, 6.07) is 9.52. The van der Waals surface area contributed by atoms with Crippen molar-refractivity contribution in [3.05, 3.63) is 42.2 Å². The summed E-state index contributed by atoms with van der Waals surface area (Å²) in [5, 5.41) is 0. The molecule has 1 aromatic carbocycles. The van der Waals surface area contributed by atoms with Crippen molar-refractivity contribution >= 4 is 5.82 Å². The Bertz CT molecular complexity index is 456. The maximum Gasteiger partial charge on any atom is 0.224 e. The predicted octanol–water partition coefficient (Wildman–Crippen LogP) is 2.12. The Kier molecular flexibility index (Phi) is 3.52. The van der Waals surface area contributed by atoms with Gasteiger partial charge in [-0.3, -0.25) is 0 Å². The molecule has 0 atom stereocenters. The van der Waals surface area contributed by atoms with Gasteiger partial charge >= 0.3 is 0 Å². The molecule has 88 valence electrons. The van der Waals surface area contributed by atoms with Crippen LogP contribution < -0.4 is 16.0 Å². The first-order chi connectivity index (χ1) is 8.31. The molecular formula is C12H14N4O. The van der Waals surface area contributed by atoms with Crippen molar-refractivity contribution in [1.82, 2.24) is 9.97 Å². The molecule has 0 spiro atoms. The Morgan fingerprint density at radius 1 is 1.29 bits per heavy atom. The topological polar surface area (TPSA) is 73.1 Å². The number of aromatic nitrogens is 2. The van der Waals surface area contributed by atoms with Gasteiger partial charge in [-0.2, -0.15) is 0 Å². The summed E-state index contributed by atoms with van der Waals surface area (Å²) < 4.78 is 5.62. The zero-order valence-electron chi connectivity index (χ0n) is 9.55. The third-order valence-electron chi connectivity index (χ3n) is 2.32. The third-order valence-corrected chi connectivity index (χ3v) is 2.32. The van der Waals surface area contributed by atoms with Gasteiger partial charge in [-0.1, -0.05) is 19.1 Å². The number of rotatable bonds is 4. The van der Waals surface area contributed by atoms with Crippen molar-refractivity contribution in [3.63, 3.8) is 0 Å². The van der Waals surface area contributed by atoms with Crippen LogP contribution in [-0.2, 0) is 6.42 Å². The number of nitrogen functional groups attached to an aromatic ring is 1. The van der Waals surface area contributed by atoms with Crippen molar-refractivity contribution < 1.29 is 4.74 Å². The first kappa shape index (κ1) is 11.3. The van der Waals surface area contributed by atoms with Gasteiger partial charge in [0.15, 0.2) is 0 Å². The number of hydrazine groups is 1. The smallest absolute Gasteiger partial charge is 0.224 e. The summed E-state index contributed by atoms with van der Waals surface area (Å²) in [7, 11) is 0. The second-order valence-electron chi connectivity index (χ2n) is 3.49. The monoisotopic (exact) mass is 230 g/mol. The summed E-state index contributed by atoms with van der Waals surface area (Å²) in [6.45, 7) is 2.10. The molecule has 0 aliphatic carbocycles. The number of hydrogen-bond donors (Lipinski definition) is 2. The van der Waals surface area contributed by atoms with Crippen molar-refractivity contribution in [2.24, 2.45) is 5.84 Å². The van der Waals surface area contributed by atoms with Crippen molar-refractivity contribution in [1.29, 1.82) is 0 Å². The van der Waals surface area contributed by atoms with E-state index in [2.05, 4.69) is 28.4 Å². The minimum absolute atomic E-state index is 0.459. The van der Waals surface area contributed by atoms with Crippen LogP contribution in [0.25, 0.3) is 0 Å². The van der Waals surface area contributed by atoms with Crippen molar-refractivity contribution in [2.45, 2.75) is 13.3 Å². The molecule has 0 radical (unpaired) electrons. The Balaban J connectivity index is 2.18. The lowest BCUT2D eigenvalue weighted by atomic mass is 10.2. The molecule has 0 saturated heterocycles. The van der Waals surface area contributed by atoms with E-state index >= 15 is 0 Å². The average Bonchev–Trinajstić information content (AvgIpc) is 2.39. The van der Waals surface area contributed by atoms with E-state index in [4.69, 9.17) is 10.6 Å². The number of nitrogens with two attached hydrogens (primary N) is 1. The van der Waals surface area contributed by atoms with E-state index in [9.17, 15) is 0 Å². The molecule has 0 saturated carbocycles. The van der Waals surface area contributed by atoms with Crippen LogP contribution in [-0.4, -0.2) is 9.97 Å². The van der Waals surface area contributed by atoms with Crippen LogP contribution in [0.4, 0.5) is 5.82 Å². The molecule has 0 aliphatic rings. The van der Waals surface area contributed by atoms with E-state index in [1.165, 1.54) is 11.9 Å². The van der Waals surface area contributed by atoms with Gasteiger partial charge in [-0.25, -0.2) is 15.8 Å². The molecule has 0 aliphatic heterocycles. The van der Waals surface area contributed by atoms with E-state index < -0.39 is 0 Å². The first-order valence-electron chi connectivity index (χ1n) is 5.37. The summed E-state index contributed by atoms with van der Waals surface area (Å²) in [5.74, 6) is 6.99. The molecule has 1 heterocycles. The predicted molar refractivity (Wildman–Crippen MR) is 65.7 cm³/mol. The number of ether oxygens (including phenoxy) is 1. The van der Waals surface area contributed by atoms with E-state index in [-0.39, 0.29) is 0 Å². The number of hydrogen-bond acceptors (Lipinski definition) is 5. The number of nitrogens with one attached hydrogen (secondary N) is 1. The van der Waals surface area contributed by atoms with E-state index in [1.807, 2.05) is 18.2 Å².